The van der Waals surface area contributed by atoms with Crippen LogP contribution in [0.5, 0.6) is 0 Å². The molecule has 1 atom stereocenters. The first-order valence-electron chi connectivity index (χ1n) is 5.12. The first-order valence-corrected chi connectivity index (χ1v) is 6.77. The van der Waals surface area contributed by atoms with Crippen molar-refractivity contribution in [1.29, 1.82) is 0 Å². The number of carbonyl (C=O) groups is 1. The Bertz CT molecular complexity index is 315. The van der Waals surface area contributed by atoms with Gasteiger partial charge >= 0.3 is 5.97 Å². The number of methoxy groups -OCH3 is 2. The Labute approximate surface area is 101 Å². The van der Waals surface area contributed by atoms with Crippen LogP contribution in [0.25, 0.3) is 0 Å². The van der Waals surface area contributed by atoms with Gasteiger partial charge < -0.3 is 14.6 Å². The molecule has 0 amide bonds. The van der Waals surface area contributed by atoms with E-state index in [-0.39, 0.29) is 18.7 Å². The molecule has 0 saturated heterocycles. The van der Waals surface area contributed by atoms with Gasteiger partial charge in [-0.15, -0.1) is 0 Å². The summed E-state index contributed by atoms with van der Waals surface area (Å²) < 4.78 is 34.8. The summed E-state index contributed by atoms with van der Waals surface area (Å²) in [7, 11) is -0.564. The molecule has 0 aliphatic carbocycles. The standard InChI is InChI=1S/C9H19NO6S/c1-15-4-3-5-17(13,14)10-7-8(16-2)6-9(11)12/h8,10H,3-7H2,1-2H3,(H,11,12). The minimum Gasteiger partial charge on any atom is -0.481 e. The molecular weight excluding hydrogens is 250 g/mol. The summed E-state index contributed by atoms with van der Waals surface area (Å²) in [6, 6.07) is 0. The number of nitrogens with one attached hydrogen (secondary N) is 1. The fourth-order valence-electron chi connectivity index (χ4n) is 1.12. The number of ether oxygens (including phenoxy) is 2. The number of hydrogen-bond donors (Lipinski definition) is 2. The molecule has 0 spiro atoms. The van der Waals surface area contributed by atoms with Gasteiger partial charge in [0, 0.05) is 27.4 Å². The minimum atomic E-state index is -3.40. The van der Waals surface area contributed by atoms with Gasteiger partial charge in [0.2, 0.25) is 10.0 Å². The Morgan fingerprint density at radius 2 is 2.06 bits per heavy atom. The summed E-state index contributed by atoms with van der Waals surface area (Å²) in [5.41, 5.74) is 0. The average Bonchev–Trinajstić information content (AvgIpc) is 2.24. The zero-order chi connectivity index (χ0) is 13.3. The largest absolute Gasteiger partial charge is 0.481 e. The highest BCUT2D eigenvalue weighted by molar-refractivity contribution is 7.89. The lowest BCUT2D eigenvalue weighted by molar-refractivity contribution is -0.139. The number of hydrogen-bond acceptors (Lipinski definition) is 5. The molecule has 17 heavy (non-hydrogen) atoms. The Morgan fingerprint density at radius 3 is 2.53 bits per heavy atom. The van der Waals surface area contributed by atoms with Gasteiger partial charge in [0.1, 0.15) is 0 Å². The Hall–Kier alpha value is -0.700. The second kappa shape index (κ2) is 8.40. The molecule has 0 aromatic rings. The molecule has 0 bridgehead atoms. The van der Waals surface area contributed by atoms with Crippen LogP contribution in [0.2, 0.25) is 0 Å². The number of aliphatic carboxylic acids is 1. The zero-order valence-corrected chi connectivity index (χ0v) is 10.8. The number of sulfonamides is 1. The van der Waals surface area contributed by atoms with Crippen molar-refractivity contribution in [2.45, 2.75) is 18.9 Å². The van der Waals surface area contributed by atoms with Gasteiger partial charge in [0.25, 0.3) is 0 Å². The molecule has 7 nitrogen and oxygen atoms in total. The van der Waals surface area contributed by atoms with Crippen LogP contribution >= 0.6 is 0 Å². The molecule has 0 aromatic heterocycles. The van der Waals surface area contributed by atoms with E-state index in [9.17, 15) is 13.2 Å². The number of carboxylic acids is 1. The topological polar surface area (TPSA) is 102 Å². The van der Waals surface area contributed by atoms with Crippen molar-refractivity contribution < 1.29 is 27.8 Å². The first-order chi connectivity index (χ1) is 7.91. The molecule has 0 saturated carbocycles. The lowest BCUT2D eigenvalue weighted by Crippen LogP contribution is -2.35. The van der Waals surface area contributed by atoms with Crippen LogP contribution in [0.15, 0.2) is 0 Å². The average molecular weight is 269 g/mol. The molecule has 0 rings (SSSR count). The molecule has 8 heteroatoms. The van der Waals surface area contributed by atoms with E-state index in [4.69, 9.17) is 14.6 Å². The summed E-state index contributed by atoms with van der Waals surface area (Å²) in [5.74, 6) is -1.08. The minimum absolute atomic E-state index is 0.0435. The van der Waals surface area contributed by atoms with Gasteiger partial charge in [0.05, 0.1) is 18.3 Å². The summed E-state index contributed by atoms with van der Waals surface area (Å²) in [6.07, 6.45) is -0.510. The van der Waals surface area contributed by atoms with E-state index in [0.717, 1.165) is 0 Å². The van der Waals surface area contributed by atoms with Crippen molar-refractivity contribution in [3.05, 3.63) is 0 Å². The van der Waals surface area contributed by atoms with Crippen LogP contribution in [0, 0.1) is 0 Å². The van der Waals surface area contributed by atoms with Crippen molar-refractivity contribution in [2.24, 2.45) is 0 Å². The highest BCUT2D eigenvalue weighted by Crippen LogP contribution is 1.98. The highest BCUT2D eigenvalue weighted by atomic mass is 32.2. The predicted molar refractivity (Wildman–Crippen MR) is 61.3 cm³/mol. The van der Waals surface area contributed by atoms with Crippen LogP contribution in [0.3, 0.4) is 0 Å². The van der Waals surface area contributed by atoms with Gasteiger partial charge in [-0.05, 0) is 6.42 Å². The van der Waals surface area contributed by atoms with E-state index in [1.165, 1.54) is 14.2 Å². The molecular formula is C9H19NO6S. The molecule has 0 heterocycles. The smallest absolute Gasteiger partial charge is 0.306 e. The maximum Gasteiger partial charge on any atom is 0.306 e. The van der Waals surface area contributed by atoms with Crippen LogP contribution in [-0.2, 0) is 24.3 Å². The van der Waals surface area contributed by atoms with E-state index in [1.807, 2.05) is 0 Å². The van der Waals surface area contributed by atoms with Gasteiger partial charge in [0.15, 0.2) is 0 Å². The molecule has 0 fully saturated rings. The van der Waals surface area contributed by atoms with E-state index in [2.05, 4.69) is 4.72 Å². The van der Waals surface area contributed by atoms with Gasteiger partial charge in [-0.2, -0.15) is 0 Å². The van der Waals surface area contributed by atoms with E-state index >= 15 is 0 Å². The second-order valence-corrected chi connectivity index (χ2v) is 5.40. The fraction of sp³-hybridized carbons (Fsp3) is 0.889. The van der Waals surface area contributed by atoms with Crippen molar-refractivity contribution in [2.75, 3.05) is 33.1 Å². The van der Waals surface area contributed by atoms with Gasteiger partial charge in [-0.3, -0.25) is 4.79 Å². The van der Waals surface area contributed by atoms with Gasteiger partial charge in [-0.1, -0.05) is 0 Å². The Morgan fingerprint density at radius 1 is 1.41 bits per heavy atom. The summed E-state index contributed by atoms with van der Waals surface area (Å²) in [6.45, 7) is 0.321. The molecule has 2 N–H and O–H groups in total. The Balaban J connectivity index is 4.01. The summed E-state index contributed by atoms with van der Waals surface area (Å²) in [4.78, 5) is 10.4. The van der Waals surface area contributed by atoms with Crippen molar-refractivity contribution in [3.8, 4) is 0 Å². The third-order valence-corrected chi connectivity index (χ3v) is 3.46. The van der Waals surface area contributed by atoms with Gasteiger partial charge in [-0.25, -0.2) is 13.1 Å². The van der Waals surface area contributed by atoms with Crippen LogP contribution in [0.1, 0.15) is 12.8 Å². The van der Waals surface area contributed by atoms with E-state index in [1.54, 1.807) is 0 Å². The summed E-state index contributed by atoms with van der Waals surface area (Å²) >= 11 is 0. The van der Waals surface area contributed by atoms with Crippen LogP contribution in [0.4, 0.5) is 0 Å². The molecule has 0 aliphatic heterocycles. The van der Waals surface area contributed by atoms with E-state index < -0.39 is 22.1 Å². The van der Waals surface area contributed by atoms with Crippen LogP contribution in [-0.4, -0.2) is 58.7 Å². The van der Waals surface area contributed by atoms with Crippen molar-refractivity contribution in [1.82, 2.24) is 4.72 Å². The van der Waals surface area contributed by atoms with Crippen molar-refractivity contribution in [3.63, 3.8) is 0 Å². The predicted octanol–water partition coefficient (Wildman–Crippen LogP) is -0.568. The maximum absolute atomic E-state index is 11.4. The molecule has 1 unspecified atom stereocenters. The normalized spacial score (nSPS) is 13.5. The highest BCUT2D eigenvalue weighted by Gasteiger charge is 2.16. The quantitative estimate of drug-likeness (QED) is 0.515. The second-order valence-electron chi connectivity index (χ2n) is 3.47. The number of carboxylic acid groups (broad SMARTS) is 1. The lowest BCUT2D eigenvalue weighted by atomic mass is 10.2. The number of rotatable bonds is 10. The zero-order valence-electron chi connectivity index (χ0n) is 10.0. The van der Waals surface area contributed by atoms with Crippen molar-refractivity contribution >= 4 is 16.0 Å². The monoisotopic (exact) mass is 269 g/mol. The first kappa shape index (κ1) is 16.3. The summed E-state index contributed by atoms with van der Waals surface area (Å²) in [5, 5.41) is 8.54. The molecule has 0 radical (unpaired) electrons. The molecule has 0 aromatic carbocycles. The van der Waals surface area contributed by atoms with E-state index in [0.29, 0.717) is 13.0 Å². The Kier molecular flexibility index (Phi) is 8.05. The third kappa shape index (κ3) is 9.04. The maximum atomic E-state index is 11.4. The third-order valence-electron chi connectivity index (χ3n) is 2.03. The fourth-order valence-corrected chi connectivity index (χ4v) is 2.20. The SMILES string of the molecule is COCCCS(=O)(=O)NCC(CC(=O)O)OC. The van der Waals surface area contributed by atoms with Crippen LogP contribution < -0.4 is 4.72 Å². The molecule has 102 valence electrons. The lowest BCUT2D eigenvalue weighted by Gasteiger charge is -2.14. The molecule has 0 aliphatic rings.